The lowest BCUT2D eigenvalue weighted by atomic mass is 10.1. The summed E-state index contributed by atoms with van der Waals surface area (Å²) in [6, 6.07) is 14.0. The van der Waals surface area contributed by atoms with E-state index in [0.717, 1.165) is 10.6 Å². The van der Waals surface area contributed by atoms with Crippen LogP contribution in [-0.2, 0) is 4.74 Å². The SMILES string of the molecule is COC(=O)c1cccc(NC(=O)c2csc(-c3ccccc3)n2)c1O. The van der Waals surface area contributed by atoms with Crippen molar-refractivity contribution in [3.8, 4) is 16.3 Å². The minimum Gasteiger partial charge on any atom is -0.505 e. The van der Waals surface area contributed by atoms with Crippen molar-refractivity contribution in [3.63, 3.8) is 0 Å². The predicted octanol–water partition coefficient (Wildman–Crippen LogP) is 3.55. The molecule has 6 nitrogen and oxygen atoms in total. The topological polar surface area (TPSA) is 88.5 Å². The second kappa shape index (κ2) is 7.14. The van der Waals surface area contributed by atoms with Crippen molar-refractivity contribution in [1.29, 1.82) is 0 Å². The van der Waals surface area contributed by atoms with Gasteiger partial charge in [-0.25, -0.2) is 9.78 Å². The van der Waals surface area contributed by atoms with E-state index in [2.05, 4.69) is 15.0 Å². The molecule has 1 amide bonds. The van der Waals surface area contributed by atoms with E-state index in [0.29, 0.717) is 0 Å². The van der Waals surface area contributed by atoms with Gasteiger partial charge in [-0.1, -0.05) is 36.4 Å². The Morgan fingerprint density at radius 3 is 2.60 bits per heavy atom. The van der Waals surface area contributed by atoms with E-state index >= 15 is 0 Å². The molecule has 3 aromatic rings. The van der Waals surface area contributed by atoms with Crippen LogP contribution >= 0.6 is 11.3 Å². The molecule has 25 heavy (non-hydrogen) atoms. The van der Waals surface area contributed by atoms with Gasteiger partial charge in [0.15, 0.2) is 5.75 Å². The number of carbonyl (C=O) groups is 2. The van der Waals surface area contributed by atoms with Gasteiger partial charge in [0.2, 0.25) is 0 Å². The van der Waals surface area contributed by atoms with Crippen molar-refractivity contribution in [2.24, 2.45) is 0 Å². The second-order valence-corrected chi connectivity index (χ2v) is 5.91. The number of phenolic OH excluding ortho intramolecular Hbond substituents is 1. The van der Waals surface area contributed by atoms with Crippen LogP contribution in [0.2, 0.25) is 0 Å². The maximum Gasteiger partial charge on any atom is 0.341 e. The Morgan fingerprint density at radius 1 is 1.12 bits per heavy atom. The van der Waals surface area contributed by atoms with Crippen LogP contribution in [-0.4, -0.2) is 29.1 Å². The molecule has 2 N–H and O–H groups in total. The third-order valence-corrected chi connectivity index (χ3v) is 4.34. The van der Waals surface area contributed by atoms with Crippen LogP contribution in [0, 0.1) is 0 Å². The molecule has 0 saturated heterocycles. The molecular weight excluding hydrogens is 340 g/mol. The number of phenols is 1. The fraction of sp³-hybridized carbons (Fsp3) is 0.0556. The van der Waals surface area contributed by atoms with Gasteiger partial charge < -0.3 is 15.2 Å². The monoisotopic (exact) mass is 354 g/mol. The highest BCUT2D eigenvalue weighted by atomic mass is 32.1. The minimum absolute atomic E-state index is 0.0245. The molecule has 0 spiro atoms. The number of aromatic nitrogens is 1. The average molecular weight is 354 g/mol. The summed E-state index contributed by atoms with van der Waals surface area (Å²) in [5.74, 6) is -1.51. The van der Waals surface area contributed by atoms with E-state index < -0.39 is 11.9 Å². The van der Waals surface area contributed by atoms with Crippen LogP contribution in [0.3, 0.4) is 0 Å². The lowest BCUT2D eigenvalue weighted by Gasteiger charge is -2.09. The molecule has 0 bridgehead atoms. The fourth-order valence-corrected chi connectivity index (χ4v) is 3.00. The number of carbonyl (C=O) groups excluding carboxylic acids is 2. The molecule has 0 atom stereocenters. The summed E-state index contributed by atoms with van der Waals surface area (Å²) >= 11 is 1.35. The molecule has 0 aliphatic rings. The van der Waals surface area contributed by atoms with Crippen LogP contribution in [0.15, 0.2) is 53.9 Å². The summed E-state index contributed by atoms with van der Waals surface area (Å²) in [6.45, 7) is 0. The molecule has 0 saturated carbocycles. The molecule has 0 unspecified atom stereocenters. The molecule has 126 valence electrons. The summed E-state index contributed by atoms with van der Waals surface area (Å²) in [6.07, 6.45) is 0. The third kappa shape index (κ3) is 3.51. The molecule has 0 radical (unpaired) electrons. The maximum absolute atomic E-state index is 12.4. The van der Waals surface area contributed by atoms with Gasteiger partial charge >= 0.3 is 5.97 Å². The number of ether oxygens (including phenoxy) is 1. The zero-order valence-corrected chi connectivity index (χ0v) is 14.0. The van der Waals surface area contributed by atoms with E-state index in [9.17, 15) is 14.7 Å². The molecule has 1 heterocycles. The number of methoxy groups -OCH3 is 1. The van der Waals surface area contributed by atoms with Gasteiger partial charge in [0.1, 0.15) is 16.3 Å². The number of hydrogen-bond donors (Lipinski definition) is 2. The van der Waals surface area contributed by atoms with E-state index in [1.807, 2.05) is 30.3 Å². The number of thiazole rings is 1. The Morgan fingerprint density at radius 2 is 1.88 bits per heavy atom. The van der Waals surface area contributed by atoms with E-state index in [4.69, 9.17) is 0 Å². The number of rotatable bonds is 4. The first-order chi connectivity index (χ1) is 12.1. The number of nitrogens with zero attached hydrogens (tertiary/aromatic N) is 1. The number of anilines is 1. The molecule has 2 aromatic carbocycles. The largest absolute Gasteiger partial charge is 0.505 e. The van der Waals surface area contributed by atoms with Crippen LogP contribution in [0.4, 0.5) is 5.69 Å². The quantitative estimate of drug-likeness (QED) is 0.552. The van der Waals surface area contributed by atoms with Crippen molar-refractivity contribution in [2.45, 2.75) is 0 Å². The van der Waals surface area contributed by atoms with Gasteiger partial charge in [-0.3, -0.25) is 4.79 Å². The number of aromatic hydroxyl groups is 1. The minimum atomic E-state index is -0.686. The van der Waals surface area contributed by atoms with Crippen LogP contribution in [0.5, 0.6) is 5.75 Å². The molecule has 0 aliphatic heterocycles. The fourth-order valence-electron chi connectivity index (χ4n) is 2.20. The highest BCUT2D eigenvalue weighted by Crippen LogP contribution is 2.29. The standard InChI is InChI=1S/C18H14N2O4S/c1-24-18(23)12-8-5-9-13(15(12)21)19-16(22)14-10-25-17(20-14)11-6-3-2-4-7-11/h2-10,21H,1H3,(H,19,22). The number of hydrogen-bond acceptors (Lipinski definition) is 6. The summed E-state index contributed by atoms with van der Waals surface area (Å²) in [5.41, 5.74) is 1.24. The Kier molecular flexibility index (Phi) is 4.76. The molecule has 3 rings (SSSR count). The Bertz CT molecular complexity index is 922. The Balaban J connectivity index is 1.82. The molecule has 0 aliphatic carbocycles. The summed E-state index contributed by atoms with van der Waals surface area (Å²) in [7, 11) is 1.22. The van der Waals surface area contributed by atoms with Crippen molar-refractivity contribution < 1.29 is 19.4 Å². The van der Waals surface area contributed by atoms with Gasteiger partial charge in [0.25, 0.3) is 5.91 Å². The van der Waals surface area contributed by atoms with Gasteiger partial charge in [0.05, 0.1) is 12.8 Å². The lowest BCUT2D eigenvalue weighted by molar-refractivity contribution is 0.0597. The number of benzene rings is 2. The number of esters is 1. The summed E-state index contributed by atoms with van der Waals surface area (Å²) in [4.78, 5) is 28.3. The van der Waals surface area contributed by atoms with Crippen molar-refractivity contribution >= 4 is 28.9 Å². The van der Waals surface area contributed by atoms with Gasteiger partial charge in [-0.05, 0) is 12.1 Å². The van der Waals surface area contributed by atoms with E-state index in [1.54, 1.807) is 5.38 Å². The number of nitrogens with one attached hydrogen (secondary N) is 1. The number of amides is 1. The first-order valence-electron chi connectivity index (χ1n) is 7.32. The van der Waals surface area contributed by atoms with Crippen molar-refractivity contribution in [2.75, 3.05) is 12.4 Å². The second-order valence-electron chi connectivity index (χ2n) is 5.05. The van der Waals surface area contributed by atoms with Crippen LogP contribution in [0.25, 0.3) is 10.6 Å². The number of para-hydroxylation sites is 1. The highest BCUT2D eigenvalue weighted by molar-refractivity contribution is 7.13. The first-order valence-corrected chi connectivity index (χ1v) is 8.20. The predicted molar refractivity (Wildman–Crippen MR) is 94.9 cm³/mol. The smallest absolute Gasteiger partial charge is 0.341 e. The summed E-state index contributed by atoms with van der Waals surface area (Å²) < 4.78 is 4.59. The van der Waals surface area contributed by atoms with Gasteiger partial charge in [0, 0.05) is 10.9 Å². The van der Waals surface area contributed by atoms with Crippen LogP contribution < -0.4 is 5.32 Å². The molecular formula is C18H14N2O4S. The lowest BCUT2D eigenvalue weighted by Crippen LogP contribution is -2.13. The Hall–Kier alpha value is -3.19. The van der Waals surface area contributed by atoms with Crippen LogP contribution in [0.1, 0.15) is 20.8 Å². The Labute approximate surface area is 147 Å². The summed E-state index contributed by atoms with van der Waals surface area (Å²) in [5, 5.41) is 15.1. The zero-order chi connectivity index (χ0) is 17.8. The van der Waals surface area contributed by atoms with Gasteiger partial charge in [-0.15, -0.1) is 11.3 Å². The third-order valence-electron chi connectivity index (χ3n) is 3.45. The zero-order valence-electron chi connectivity index (χ0n) is 13.2. The van der Waals surface area contributed by atoms with E-state index in [1.165, 1.54) is 36.6 Å². The van der Waals surface area contributed by atoms with Crippen molar-refractivity contribution in [3.05, 3.63) is 65.2 Å². The highest BCUT2D eigenvalue weighted by Gasteiger charge is 2.18. The normalized spacial score (nSPS) is 10.3. The molecule has 7 heteroatoms. The maximum atomic E-state index is 12.4. The molecule has 0 fully saturated rings. The van der Waals surface area contributed by atoms with E-state index in [-0.39, 0.29) is 22.7 Å². The first kappa shape index (κ1) is 16.7. The van der Waals surface area contributed by atoms with Gasteiger partial charge in [-0.2, -0.15) is 0 Å². The average Bonchev–Trinajstić information content (AvgIpc) is 3.14. The molecule has 1 aromatic heterocycles. The van der Waals surface area contributed by atoms with Crippen molar-refractivity contribution in [1.82, 2.24) is 4.98 Å².